The molecule has 0 aliphatic rings. The predicted octanol–water partition coefficient (Wildman–Crippen LogP) is 16.3. The summed E-state index contributed by atoms with van der Waals surface area (Å²) in [4.78, 5) is 87.1. The van der Waals surface area contributed by atoms with Crippen molar-refractivity contribution in [1.29, 1.82) is 0 Å². The smallest absolute Gasteiger partial charge is 0.343 e. The summed E-state index contributed by atoms with van der Waals surface area (Å²) >= 11 is 0. The number of hydrogen-bond donors (Lipinski definition) is 0. The van der Waals surface area contributed by atoms with Crippen molar-refractivity contribution in [3.8, 4) is 40.2 Å². The van der Waals surface area contributed by atoms with Crippen LogP contribution in [0.1, 0.15) is 196 Å². The van der Waals surface area contributed by atoms with Crippen LogP contribution in [0.3, 0.4) is 0 Å². The second-order valence-corrected chi connectivity index (χ2v) is 22.0. The molecule has 18 nitrogen and oxygen atoms in total. The highest BCUT2D eigenvalue weighted by Gasteiger charge is 2.21. The molecule has 0 spiro atoms. The topological polar surface area (TPSA) is 221 Å². The maximum Gasteiger partial charge on any atom is 0.343 e. The van der Waals surface area contributed by atoms with Gasteiger partial charge in [0.05, 0.1) is 56.3 Å². The maximum absolute atomic E-state index is 13.8. The summed E-state index contributed by atoms with van der Waals surface area (Å²) in [5.74, 6) is -1.69. The Bertz CT molecular complexity index is 3040. The van der Waals surface area contributed by atoms with Crippen LogP contribution >= 0.6 is 0 Å². The third-order valence-electron chi connectivity index (χ3n) is 14.6. The van der Waals surface area contributed by atoms with E-state index in [0.717, 1.165) is 122 Å². The highest BCUT2D eigenvalue weighted by molar-refractivity contribution is 5.97. The van der Waals surface area contributed by atoms with Gasteiger partial charge in [-0.2, -0.15) is 0 Å². The molecule has 93 heavy (non-hydrogen) atoms. The quantitative estimate of drug-likeness (QED) is 0.0116. The Balaban J connectivity index is 1.07. The van der Waals surface area contributed by atoms with Crippen LogP contribution in [0, 0.1) is 0 Å². The molecule has 0 radical (unpaired) electrons. The number of rotatable bonds is 50. The molecule has 0 amide bonds. The maximum atomic E-state index is 13.8. The van der Waals surface area contributed by atoms with Crippen LogP contribution in [0.25, 0.3) is 0 Å². The molecule has 0 atom stereocenters. The van der Waals surface area contributed by atoms with E-state index >= 15 is 0 Å². The largest absolute Gasteiger partial charge is 0.494 e. The van der Waals surface area contributed by atoms with Crippen molar-refractivity contribution in [1.82, 2.24) is 0 Å². The minimum atomic E-state index is -0.879. The second-order valence-electron chi connectivity index (χ2n) is 22.0. The Morgan fingerprint density at radius 2 is 0.527 bits per heavy atom. The van der Waals surface area contributed by atoms with Crippen molar-refractivity contribution in [3.63, 3.8) is 0 Å². The number of esters is 7. The molecule has 0 heterocycles. The molecule has 5 aromatic rings. The summed E-state index contributed by atoms with van der Waals surface area (Å²) in [7, 11) is 0. The van der Waals surface area contributed by atoms with Gasteiger partial charge in [-0.15, -0.1) is 0 Å². The number of carbonyl (C=O) groups excluding carboxylic acids is 7. The highest BCUT2D eigenvalue weighted by Crippen LogP contribution is 2.29. The molecule has 0 saturated carbocycles. The van der Waals surface area contributed by atoms with Crippen molar-refractivity contribution in [2.45, 2.75) is 154 Å². The van der Waals surface area contributed by atoms with Crippen LogP contribution < -0.4 is 33.2 Å². The molecule has 5 rings (SSSR count). The fourth-order valence-electron chi connectivity index (χ4n) is 9.41. The first-order valence-electron chi connectivity index (χ1n) is 32.7. The summed E-state index contributed by atoms with van der Waals surface area (Å²) in [6.07, 6.45) is 28.5. The lowest BCUT2D eigenvalue weighted by Crippen LogP contribution is -2.16. The Hall–Kier alpha value is -9.19. The van der Waals surface area contributed by atoms with Crippen LogP contribution in [0.4, 0.5) is 0 Å². The molecule has 0 aliphatic carbocycles. The average molecular weight is 1280 g/mol. The molecule has 0 saturated heterocycles. The van der Waals surface area contributed by atoms with Crippen LogP contribution in [0.15, 0.2) is 153 Å². The van der Waals surface area contributed by atoms with Crippen LogP contribution in [0.2, 0.25) is 0 Å². The van der Waals surface area contributed by atoms with Gasteiger partial charge in [0, 0.05) is 18.2 Å². The first-order chi connectivity index (χ1) is 45.4. The molecular weight excluding hydrogens is 1190 g/mol. The van der Waals surface area contributed by atoms with E-state index in [9.17, 15) is 33.6 Å². The number of hydrogen-bond acceptors (Lipinski definition) is 18. The van der Waals surface area contributed by atoms with Gasteiger partial charge in [-0.1, -0.05) is 122 Å². The van der Waals surface area contributed by atoms with Gasteiger partial charge in [0.1, 0.15) is 59.0 Å². The number of carbonyl (C=O) groups is 7. The SMILES string of the molecule is C=CC(=O)OCCCCCCCCCCCCOc1ccc(C(=O)Oc2ccc(OC(=O)c3ccc(OCCCCCCCCCCCCOC(=O)C=C)cc3)c(C(=O)OCCOc3ccc(OC(=O)c4ccc(OCCCCCCOC(=O)C=C)cc4)cc3)c2)cc1. The van der Waals surface area contributed by atoms with Crippen molar-refractivity contribution in [3.05, 3.63) is 175 Å². The normalized spacial score (nSPS) is 10.7. The standard InChI is InChI=1S/C75H92O18/c1-4-69(76)87-52-28-21-17-13-9-7-11-15-19-25-49-83-62-39-33-59(34-40-62)73(80)92-66-47-48-68(93-74(81)60-35-41-63(42-36-60)84-50-26-20-16-12-8-10-14-18-22-29-53-88-70(77)5-2)67(57-66)75(82)90-56-55-86-64-43-45-65(46-44-64)91-72(79)58-31-37-61(38-32-58)85-51-27-23-24-30-54-89-71(78)6-3/h4-6,31-48,57H,1-3,7-30,49-56H2. The van der Waals surface area contributed by atoms with Crippen molar-refractivity contribution >= 4 is 41.8 Å². The molecule has 5 aromatic carbocycles. The molecule has 0 fully saturated rings. The molecule has 0 aliphatic heterocycles. The zero-order valence-corrected chi connectivity index (χ0v) is 53.8. The van der Waals surface area contributed by atoms with E-state index in [1.54, 1.807) is 97.1 Å². The Labute approximate surface area is 547 Å². The summed E-state index contributed by atoms with van der Waals surface area (Å²) in [6.45, 7) is 12.7. The van der Waals surface area contributed by atoms with Gasteiger partial charge in [0.25, 0.3) is 0 Å². The van der Waals surface area contributed by atoms with Crippen molar-refractivity contribution in [2.24, 2.45) is 0 Å². The number of unbranched alkanes of at least 4 members (excludes halogenated alkanes) is 21. The van der Waals surface area contributed by atoms with Gasteiger partial charge in [-0.25, -0.2) is 33.6 Å². The lowest BCUT2D eigenvalue weighted by molar-refractivity contribution is -0.138. The van der Waals surface area contributed by atoms with E-state index in [1.165, 1.54) is 68.9 Å². The first kappa shape index (κ1) is 74.5. The molecule has 0 N–H and O–H groups in total. The van der Waals surface area contributed by atoms with Gasteiger partial charge in [0.15, 0.2) is 0 Å². The fraction of sp³-hybridized carbons (Fsp3) is 0.427. The number of ether oxygens (including phenoxy) is 11. The molecule has 0 bridgehead atoms. The van der Waals surface area contributed by atoms with Gasteiger partial charge in [-0.3, -0.25) is 0 Å². The van der Waals surface area contributed by atoms with Crippen LogP contribution in [0.5, 0.6) is 40.2 Å². The lowest BCUT2D eigenvalue weighted by Gasteiger charge is -2.13. The van der Waals surface area contributed by atoms with Crippen molar-refractivity contribution < 1.29 is 85.7 Å². The molecule has 0 unspecified atom stereocenters. The summed E-state index contributed by atoms with van der Waals surface area (Å²) in [6, 6.07) is 30.1. The predicted molar refractivity (Wildman–Crippen MR) is 354 cm³/mol. The lowest BCUT2D eigenvalue weighted by atomic mass is 10.1. The van der Waals surface area contributed by atoms with Gasteiger partial charge >= 0.3 is 41.8 Å². The summed E-state index contributed by atoms with van der Waals surface area (Å²) < 4.78 is 61.2. The first-order valence-corrected chi connectivity index (χ1v) is 32.7. The van der Waals surface area contributed by atoms with E-state index in [2.05, 4.69) is 19.7 Å². The summed E-state index contributed by atoms with van der Waals surface area (Å²) in [5, 5.41) is 0. The summed E-state index contributed by atoms with van der Waals surface area (Å²) in [5.41, 5.74) is 0.592. The zero-order chi connectivity index (χ0) is 66.4. The minimum Gasteiger partial charge on any atom is -0.494 e. The minimum absolute atomic E-state index is 0.00375. The third-order valence-corrected chi connectivity index (χ3v) is 14.6. The van der Waals surface area contributed by atoms with Crippen LogP contribution in [-0.2, 0) is 33.3 Å². The fourth-order valence-corrected chi connectivity index (χ4v) is 9.41. The third kappa shape index (κ3) is 32.1. The van der Waals surface area contributed by atoms with Gasteiger partial charge in [-0.05, 0) is 167 Å². The average Bonchev–Trinajstić information content (AvgIpc) is 1.43. The van der Waals surface area contributed by atoms with E-state index in [1.807, 2.05) is 0 Å². The Morgan fingerprint density at radius 1 is 0.258 bits per heavy atom. The highest BCUT2D eigenvalue weighted by atomic mass is 16.6. The molecule has 500 valence electrons. The van der Waals surface area contributed by atoms with Gasteiger partial charge in [0.2, 0.25) is 0 Å². The zero-order valence-electron chi connectivity index (χ0n) is 53.8. The van der Waals surface area contributed by atoms with Crippen LogP contribution in [-0.4, -0.2) is 94.6 Å². The Morgan fingerprint density at radius 3 is 0.871 bits per heavy atom. The van der Waals surface area contributed by atoms with E-state index in [-0.39, 0.29) is 59.1 Å². The monoisotopic (exact) mass is 1280 g/mol. The second kappa shape index (κ2) is 46.0. The molecule has 18 heteroatoms. The number of benzene rings is 5. The Kier molecular flexibility index (Phi) is 36.8. The van der Waals surface area contributed by atoms with E-state index in [0.29, 0.717) is 68.2 Å². The van der Waals surface area contributed by atoms with E-state index < -0.39 is 29.8 Å². The van der Waals surface area contributed by atoms with E-state index in [4.69, 9.17) is 52.1 Å². The van der Waals surface area contributed by atoms with Crippen molar-refractivity contribution in [2.75, 3.05) is 52.9 Å². The van der Waals surface area contributed by atoms with Gasteiger partial charge < -0.3 is 52.1 Å². The molecule has 0 aromatic heterocycles. The molecular formula is C75H92O18.